The molecule has 0 unspecified atom stereocenters. The van der Waals surface area contributed by atoms with Gasteiger partial charge in [0.2, 0.25) is 0 Å². The Labute approximate surface area is 131 Å². The lowest BCUT2D eigenvalue weighted by Gasteiger charge is -2.10. The van der Waals surface area contributed by atoms with Crippen LogP contribution in [0.1, 0.15) is 5.56 Å². The normalized spacial score (nSPS) is 10.4. The molecule has 1 aromatic rings. The van der Waals surface area contributed by atoms with Gasteiger partial charge in [-0.25, -0.2) is 0 Å². The third-order valence-electron chi connectivity index (χ3n) is 2.26. The average molecular weight is 380 g/mol. The van der Waals surface area contributed by atoms with Gasteiger partial charge < -0.3 is 10.6 Å². The smallest absolute Gasteiger partial charge is 0.191 e. The molecule has 2 N–H and O–H groups in total. The number of halogens is 2. The van der Waals surface area contributed by atoms with E-state index in [0.29, 0.717) is 6.54 Å². The summed E-state index contributed by atoms with van der Waals surface area (Å²) in [4.78, 5) is 4.10. The van der Waals surface area contributed by atoms with Crippen LogP contribution in [-0.2, 0) is 6.42 Å². The Morgan fingerprint density at radius 3 is 2.56 bits per heavy atom. The maximum absolute atomic E-state index is 5.82. The monoisotopic (exact) mass is 379 g/mol. The highest BCUT2D eigenvalue weighted by Gasteiger charge is 1.96. The zero-order valence-electron chi connectivity index (χ0n) is 10.4. The van der Waals surface area contributed by atoms with Gasteiger partial charge in [-0.3, -0.25) is 4.99 Å². The lowest BCUT2D eigenvalue weighted by Crippen LogP contribution is -2.38. The van der Waals surface area contributed by atoms with Gasteiger partial charge in [-0.15, -0.1) is 30.6 Å². The van der Waals surface area contributed by atoms with Crippen molar-refractivity contribution >= 4 is 41.5 Å². The maximum Gasteiger partial charge on any atom is 0.191 e. The summed E-state index contributed by atoms with van der Waals surface area (Å²) in [5.74, 6) is 0.791. The highest BCUT2D eigenvalue weighted by atomic mass is 127. The third kappa shape index (κ3) is 6.86. The van der Waals surface area contributed by atoms with Crippen molar-refractivity contribution < 1.29 is 0 Å². The number of hydrogen-bond acceptors (Lipinski definition) is 1. The van der Waals surface area contributed by atoms with E-state index in [9.17, 15) is 0 Å². The summed E-state index contributed by atoms with van der Waals surface area (Å²) in [5.41, 5.74) is 1.25. The van der Waals surface area contributed by atoms with Crippen molar-refractivity contribution in [2.45, 2.75) is 6.42 Å². The number of benzene rings is 1. The minimum absolute atomic E-state index is 0. The van der Waals surface area contributed by atoms with Crippen LogP contribution in [0.4, 0.5) is 0 Å². The molecule has 0 fully saturated rings. The lowest BCUT2D eigenvalue weighted by atomic mass is 10.1. The molecule has 5 heteroatoms. The molecular formula is C13H19ClIN3. The molecular weight excluding hydrogens is 361 g/mol. The van der Waals surface area contributed by atoms with Crippen molar-refractivity contribution in [3.63, 3.8) is 0 Å². The summed E-state index contributed by atoms with van der Waals surface area (Å²) in [5, 5.41) is 7.11. The van der Waals surface area contributed by atoms with Gasteiger partial charge in [0.15, 0.2) is 5.96 Å². The second-order valence-electron chi connectivity index (χ2n) is 3.55. The number of aliphatic imine (C=N–C) groups is 1. The molecule has 0 saturated carbocycles. The molecule has 0 bridgehead atoms. The Balaban J connectivity index is 0.00000289. The van der Waals surface area contributed by atoms with Crippen molar-refractivity contribution in [1.82, 2.24) is 10.6 Å². The first-order valence-corrected chi connectivity index (χ1v) is 5.94. The Bertz CT molecular complexity index is 376. The van der Waals surface area contributed by atoms with Crippen LogP contribution in [0.3, 0.4) is 0 Å². The van der Waals surface area contributed by atoms with E-state index >= 15 is 0 Å². The van der Waals surface area contributed by atoms with E-state index in [4.69, 9.17) is 11.6 Å². The molecule has 0 aliphatic heterocycles. The van der Waals surface area contributed by atoms with E-state index in [-0.39, 0.29) is 24.0 Å². The SMILES string of the molecule is C=CCNC(=NC)NCCc1ccc(Cl)cc1.I. The van der Waals surface area contributed by atoms with Gasteiger partial charge in [0.05, 0.1) is 0 Å². The first kappa shape index (κ1) is 17.2. The minimum Gasteiger partial charge on any atom is -0.356 e. The molecule has 0 aromatic heterocycles. The van der Waals surface area contributed by atoms with Crippen LogP contribution in [-0.4, -0.2) is 26.1 Å². The first-order valence-electron chi connectivity index (χ1n) is 5.56. The first-order chi connectivity index (χ1) is 8.26. The maximum atomic E-state index is 5.82. The number of rotatable bonds is 5. The summed E-state index contributed by atoms with van der Waals surface area (Å²) in [6, 6.07) is 7.87. The van der Waals surface area contributed by atoms with Crippen molar-refractivity contribution in [1.29, 1.82) is 0 Å². The van der Waals surface area contributed by atoms with E-state index in [2.05, 4.69) is 22.2 Å². The molecule has 0 aliphatic carbocycles. The molecule has 3 nitrogen and oxygen atoms in total. The van der Waals surface area contributed by atoms with Gasteiger partial charge >= 0.3 is 0 Å². The second-order valence-corrected chi connectivity index (χ2v) is 3.98. The average Bonchev–Trinajstić information content (AvgIpc) is 2.36. The van der Waals surface area contributed by atoms with E-state index in [1.165, 1.54) is 5.56 Å². The fourth-order valence-electron chi connectivity index (χ4n) is 1.37. The van der Waals surface area contributed by atoms with Crippen LogP contribution in [0.25, 0.3) is 0 Å². The fourth-order valence-corrected chi connectivity index (χ4v) is 1.49. The van der Waals surface area contributed by atoms with Crippen LogP contribution in [0, 0.1) is 0 Å². The van der Waals surface area contributed by atoms with Crippen LogP contribution in [0.5, 0.6) is 0 Å². The number of nitrogens with zero attached hydrogens (tertiary/aromatic N) is 1. The summed E-state index contributed by atoms with van der Waals surface area (Å²) in [7, 11) is 1.75. The van der Waals surface area contributed by atoms with E-state index in [0.717, 1.165) is 23.9 Å². The summed E-state index contributed by atoms with van der Waals surface area (Å²) in [6.07, 6.45) is 2.73. The van der Waals surface area contributed by atoms with Gasteiger partial charge in [-0.05, 0) is 24.1 Å². The highest BCUT2D eigenvalue weighted by Crippen LogP contribution is 2.09. The van der Waals surface area contributed by atoms with Gasteiger partial charge in [0.25, 0.3) is 0 Å². The van der Waals surface area contributed by atoms with Gasteiger partial charge in [0, 0.05) is 25.2 Å². The van der Waals surface area contributed by atoms with E-state index in [1.807, 2.05) is 24.3 Å². The predicted molar refractivity (Wildman–Crippen MR) is 90.1 cm³/mol. The zero-order chi connectivity index (χ0) is 12.5. The molecule has 0 saturated heterocycles. The van der Waals surface area contributed by atoms with E-state index in [1.54, 1.807) is 13.1 Å². The molecule has 100 valence electrons. The van der Waals surface area contributed by atoms with Crippen LogP contribution in [0.15, 0.2) is 41.9 Å². The van der Waals surface area contributed by atoms with Gasteiger partial charge in [-0.2, -0.15) is 0 Å². The topological polar surface area (TPSA) is 36.4 Å². The molecule has 0 aliphatic rings. The lowest BCUT2D eigenvalue weighted by molar-refractivity contribution is 0.822. The van der Waals surface area contributed by atoms with E-state index < -0.39 is 0 Å². The molecule has 0 atom stereocenters. The van der Waals surface area contributed by atoms with Crippen LogP contribution >= 0.6 is 35.6 Å². The largest absolute Gasteiger partial charge is 0.356 e. The van der Waals surface area contributed by atoms with Gasteiger partial charge in [-0.1, -0.05) is 29.8 Å². The predicted octanol–water partition coefficient (Wildman–Crippen LogP) is 2.85. The molecule has 1 rings (SSSR count). The van der Waals surface area contributed by atoms with Crippen molar-refractivity contribution in [3.05, 3.63) is 47.5 Å². The Kier molecular flexibility index (Phi) is 9.77. The second kappa shape index (κ2) is 10.2. The Hall–Kier alpha value is -0.750. The highest BCUT2D eigenvalue weighted by molar-refractivity contribution is 14.0. The summed E-state index contributed by atoms with van der Waals surface area (Å²) >= 11 is 5.82. The number of hydrogen-bond donors (Lipinski definition) is 2. The number of guanidine groups is 1. The Morgan fingerprint density at radius 2 is 2.00 bits per heavy atom. The molecule has 0 radical (unpaired) electrons. The molecule has 0 amide bonds. The molecule has 18 heavy (non-hydrogen) atoms. The number of nitrogens with one attached hydrogen (secondary N) is 2. The fraction of sp³-hybridized carbons (Fsp3) is 0.308. The molecule has 0 spiro atoms. The Morgan fingerprint density at radius 1 is 1.33 bits per heavy atom. The van der Waals surface area contributed by atoms with Crippen LogP contribution in [0.2, 0.25) is 5.02 Å². The molecule has 0 heterocycles. The summed E-state index contributed by atoms with van der Waals surface area (Å²) in [6.45, 7) is 5.19. The standard InChI is InChI=1S/C13H18ClN3.HI/c1-3-9-16-13(15-2)17-10-8-11-4-6-12(14)7-5-11;/h3-7H,1,8-10H2,2H3,(H2,15,16,17);1H. The van der Waals surface area contributed by atoms with Crippen molar-refractivity contribution in [3.8, 4) is 0 Å². The quantitative estimate of drug-likeness (QED) is 0.357. The third-order valence-corrected chi connectivity index (χ3v) is 2.51. The van der Waals surface area contributed by atoms with Crippen molar-refractivity contribution in [2.24, 2.45) is 4.99 Å². The van der Waals surface area contributed by atoms with Gasteiger partial charge in [0.1, 0.15) is 0 Å². The van der Waals surface area contributed by atoms with Crippen molar-refractivity contribution in [2.75, 3.05) is 20.1 Å². The minimum atomic E-state index is 0. The summed E-state index contributed by atoms with van der Waals surface area (Å²) < 4.78 is 0. The van der Waals surface area contributed by atoms with Crippen LogP contribution < -0.4 is 10.6 Å². The molecule has 1 aromatic carbocycles. The zero-order valence-corrected chi connectivity index (χ0v) is 13.5.